The second kappa shape index (κ2) is 5.55. The van der Waals surface area contributed by atoms with Gasteiger partial charge in [-0.15, -0.1) is 0 Å². The molecule has 1 saturated heterocycles. The molecular formula is C13H16Cl2N2O. The number of pyridine rings is 1. The van der Waals surface area contributed by atoms with Crippen molar-refractivity contribution < 1.29 is 4.79 Å². The van der Waals surface area contributed by atoms with Gasteiger partial charge in [0, 0.05) is 6.20 Å². The molecule has 1 atom stereocenters. The van der Waals surface area contributed by atoms with Gasteiger partial charge in [-0.2, -0.15) is 0 Å². The van der Waals surface area contributed by atoms with Gasteiger partial charge in [-0.1, -0.05) is 36.5 Å². The Morgan fingerprint density at radius 2 is 2.28 bits per heavy atom. The Hall–Kier alpha value is -0.640. The normalized spacial score (nSPS) is 23.3. The van der Waals surface area contributed by atoms with Crippen LogP contribution < -0.4 is 5.32 Å². The SMILES string of the molecule is CCCC1(C(=O)c2cc(Cl)c(Cl)cn2)CCCN1. The zero-order valence-corrected chi connectivity index (χ0v) is 11.8. The van der Waals surface area contributed by atoms with E-state index in [1.165, 1.54) is 6.20 Å². The predicted molar refractivity (Wildman–Crippen MR) is 73.5 cm³/mol. The van der Waals surface area contributed by atoms with Crippen LogP contribution in [-0.2, 0) is 0 Å². The molecule has 0 amide bonds. The third-order valence-electron chi connectivity index (χ3n) is 3.40. The highest BCUT2D eigenvalue weighted by atomic mass is 35.5. The second-order valence-corrected chi connectivity index (χ2v) is 5.49. The van der Waals surface area contributed by atoms with Gasteiger partial charge < -0.3 is 5.32 Å². The first kappa shape index (κ1) is 13.8. The summed E-state index contributed by atoms with van der Waals surface area (Å²) in [4.78, 5) is 16.7. The van der Waals surface area contributed by atoms with Gasteiger partial charge in [0.05, 0.1) is 15.6 Å². The van der Waals surface area contributed by atoms with Crippen molar-refractivity contribution in [2.75, 3.05) is 6.54 Å². The van der Waals surface area contributed by atoms with Crippen LogP contribution in [0.15, 0.2) is 12.3 Å². The first-order valence-corrected chi connectivity index (χ1v) is 6.95. The van der Waals surface area contributed by atoms with Gasteiger partial charge in [0.1, 0.15) is 5.69 Å². The maximum Gasteiger partial charge on any atom is 0.201 e. The number of aromatic nitrogens is 1. The van der Waals surface area contributed by atoms with Crippen molar-refractivity contribution in [3.63, 3.8) is 0 Å². The Balaban J connectivity index is 2.30. The molecule has 18 heavy (non-hydrogen) atoms. The molecule has 1 aromatic heterocycles. The van der Waals surface area contributed by atoms with E-state index in [-0.39, 0.29) is 5.78 Å². The molecule has 2 rings (SSSR count). The number of rotatable bonds is 4. The summed E-state index contributed by atoms with van der Waals surface area (Å²) in [6, 6.07) is 1.56. The molecule has 3 nitrogen and oxygen atoms in total. The molecule has 98 valence electrons. The molecule has 0 bridgehead atoms. The van der Waals surface area contributed by atoms with Gasteiger partial charge >= 0.3 is 0 Å². The molecule has 0 saturated carbocycles. The van der Waals surface area contributed by atoms with Crippen molar-refractivity contribution in [2.45, 2.75) is 38.1 Å². The Bertz CT molecular complexity index is 456. The third kappa shape index (κ3) is 2.53. The quantitative estimate of drug-likeness (QED) is 0.862. The summed E-state index contributed by atoms with van der Waals surface area (Å²) < 4.78 is 0. The minimum absolute atomic E-state index is 0.0282. The van der Waals surface area contributed by atoms with Crippen LogP contribution in [-0.4, -0.2) is 22.9 Å². The van der Waals surface area contributed by atoms with Gasteiger partial charge in [-0.25, -0.2) is 0 Å². The van der Waals surface area contributed by atoms with Crippen LogP contribution in [0.4, 0.5) is 0 Å². The van der Waals surface area contributed by atoms with Crippen LogP contribution in [0, 0.1) is 0 Å². The van der Waals surface area contributed by atoms with E-state index in [1.807, 2.05) is 0 Å². The van der Waals surface area contributed by atoms with Crippen LogP contribution in [0.5, 0.6) is 0 Å². The van der Waals surface area contributed by atoms with Gasteiger partial charge in [0.2, 0.25) is 5.78 Å². The van der Waals surface area contributed by atoms with Crippen molar-refractivity contribution in [1.82, 2.24) is 10.3 Å². The average molecular weight is 287 g/mol. The number of ketones is 1. The van der Waals surface area contributed by atoms with Crippen molar-refractivity contribution in [3.8, 4) is 0 Å². The van der Waals surface area contributed by atoms with E-state index in [9.17, 15) is 4.79 Å². The maximum atomic E-state index is 12.6. The molecule has 1 aliphatic heterocycles. The van der Waals surface area contributed by atoms with Crippen molar-refractivity contribution in [1.29, 1.82) is 0 Å². The first-order chi connectivity index (χ1) is 8.59. The second-order valence-electron chi connectivity index (χ2n) is 4.68. The van der Waals surface area contributed by atoms with Crippen LogP contribution in [0.25, 0.3) is 0 Å². The zero-order chi connectivity index (χ0) is 13.2. The van der Waals surface area contributed by atoms with E-state index >= 15 is 0 Å². The highest BCUT2D eigenvalue weighted by molar-refractivity contribution is 6.42. The highest BCUT2D eigenvalue weighted by Gasteiger charge is 2.40. The lowest BCUT2D eigenvalue weighted by Gasteiger charge is -2.27. The number of halogens is 2. The Morgan fingerprint density at radius 3 is 2.83 bits per heavy atom. The van der Waals surface area contributed by atoms with E-state index in [4.69, 9.17) is 23.2 Å². The lowest BCUT2D eigenvalue weighted by atomic mass is 9.85. The predicted octanol–water partition coefficient (Wildman–Crippen LogP) is 3.49. The number of Topliss-reactive ketones (excluding diaryl/α,β-unsaturated/α-hetero) is 1. The molecule has 0 radical (unpaired) electrons. The number of hydrogen-bond donors (Lipinski definition) is 1. The van der Waals surface area contributed by atoms with E-state index in [1.54, 1.807) is 6.07 Å². The summed E-state index contributed by atoms with van der Waals surface area (Å²) in [6.07, 6.45) is 5.11. The number of nitrogens with one attached hydrogen (secondary N) is 1. The standard InChI is InChI=1S/C13H16Cl2N2O/c1-2-4-13(5-3-6-17-13)12(18)11-7-9(14)10(15)8-16-11/h7-8,17H,2-6H2,1H3. The van der Waals surface area contributed by atoms with Crippen molar-refractivity contribution in [3.05, 3.63) is 28.0 Å². The molecule has 0 aliphatic carbocycles. The van der Waals surface area contributed by atoms with Gasteiger partial charge in [-0.05, 0) is 31.9 Å². The van der Waals surface area contributed by atoms with E-state index in [0.717, 1.165) is 32.2 Å². The minimum atomic E-state index is -0.459. The monoisotopic (exact) mass is 286 g/mol. The van der Waals surface area contributed by atoms with Crippen molar-refractivity contribution >= 4 is 29.0 Å². The van der Waals surface area contributed by atoms with Crippen molar-refractivity contribution in [2.24, 2.45) is 0 Å². The first-order valence-electron chi connectivity index (χ1n) is 6.20. The number of carbonyl (C=O) groups is 1. The number of carbonyl (C=O) groups excluding carboxylic acids is 1. The molecule has 5 heteroatoms. The molecule has 1 fully saturated rings. The molecule has 0 spiro atoms. The lowest BCUT2D eigenvalue weighted by Crippen LogP contribution is -2.47. The zero-order valence-electron chi connectivity index (χ0n) is 10.3. The Kier molecular flexibility index (Phi) is 4.25. The summed E-state index contributed by atoms with van der Waals surface area (Å²) in [5, 5.41) is 4.08. The Labute approximate surface area is 117 Å². The smallest absolute Gasteiger partial charge is 0.201 e. The number of hydrogen-bond acceptors (Lipinski definition) is 3. The topological polar surface area (TPSA) is 42.0 Å². The van der Waals surface area contributed by atoms with Crippen LogP contribution in [0.2, 0.25) is 10.0 Å². The molecular weight excluding hydrogens is 271 g/mol. The van der Waals surface area contributed by atoms with E-state index in [2.05, 4.69) is 17.2 Å². The summed E-state index contributed by atoms with van der Waals surface area (Å²) in [5.41, 5.74) is -0.0638. The molecule has 1 aliphatic rings. The van der Waals surface area contributed by atoms with E-state index in [0.29, 0.717) is 15.7 Å². The molecule has 1 N–H and O–H groups in total. The molecule has 1 aromatic rings. The van der Waals surface area contributed by atoms with E-state index < -0.39 is 5.54 Å². The van der Waals surface area contributed by atoms with Gasteiger partial charge in [0.15, 0.2) is 0 Å². The van der Waals surface area contributed by atoms with Crippen LogP contribution in [0.1, 0.15) is 43.1 Å². The Morgan fingerprint density at radius 1 is 1.50 bits per heavy atom. The van der Waals surface area contributed by atoms with Gasteiger partial charge in [0.25, 0.3) is 0 Å². The largest absolute Gasteiger partial charge is 0.305 e. The third-order valence-corrected chi connectivity index (χ3v) is 4.11. The molecule has 2 heterocycles. The fourth-order valence-electron chi connectivity index (χ4n) is 2.54. The minimum Gasteiger partial charge on any atom is -0.305 e. The average Bonchev–Trinajstić information content (AvgIpc) is 2.82. The fourth-order valence-corrected chi connectivity index (χ4v) is 2.79. The maximum absolute atomic E-state index is 12.6. The molecule has 0 aromatic carbocycles. The molecule has 1 unspecified atom stereocenters. The highest BCUT2D eigenvalue weighted by Crippen LogP contribution is 2.30. The summed E-state index contributed by atoms with van der Waals surface area (Å²) in [6.45, 7) is 2.96. The van der Waals surface area contributed by atoms with Crippen LogP contribution in [0.3, 0.4) is 0 Å². The summed E-state index contributed by atoms with van der Waals surface area (Å²) in [5.74, 6) is 0.0282. The summed E-state index contributed by atoms with van der Waals surface area (Å²) in [7, 11) is 0. The fraction of sp³-hybridized carbons (Fsp3) is 0.538. The summed E-state index contributed by atoms with van der Waals surface area (Å²) >= 11 is 11.8. The number of nitrogens with zero attached hydrogens (tertiary/aromatic N) is 1. The van der Waals surface area contributed by atoms with Gasteiger partial charge in [-0.3, -0.25) is 9.78 Å². The van der Waals surface area contributed by atoms with Crippen LogP contribution >= 0.6 is 23.2 Å². The lowest BCUT2D eigenvalue weighted by molar-refractivity contribution is 0.0852.